The second kappa shape index (κ2) is 16.5. The summed E-state index contributed by atoms with van der Waals surface area (Å²) in [7, 11) is 0. The average Bonchev–Trinajstić information content (AvgIpc) is 3.46. The number of fused-ring (bicyclic) bond motifs is 1. The van der Waals surface area contributed by atoms with Crippen LogP contribution >= 0.6 is 11.6 Å². The van der Waals surface area contributed by atoms with Crippen molar-refractivity contribution in [3.05, 3.63) is 87.5 Å². The number of imide groups is 2. The molecular weight excluding hydrogens is 769 g/mol. The van der Waals surface area contributed by atoms with Crippen LogP contribution in [-0.4, -0.2) is 107 Å². The quantitative estimate of drug-likeness (QED) is 0.299. The maximum atomic E-state index is 15.4. The van der Waals surface area contributed by atoms with Crippen LogP contribution in [-0.2, 0) is 9.59 Å². The first-order chi connectivity index (χ1) is 28.0. The Morgan fingerprint density at radius 2 is 1.62 bits per heavy atom. The molecule has 0 radical (unpaired) electrons. The molecule has 0 atom stereocenters. The van der Waals surface area contributed by atoms with Crippen molar-refractivity contribution >= 4 is 52.6 Å². The molecule has 5 amide bonds. The molecule has 2 N–H and O–H groups in total. The number of nitrogens with zero attached hydrogens (tertiary/aromatic N) is 7. The fourth-order valence-electron chi connectivity index (χ4n) is 8.36. The van der Waals surface area contributed by atoms with Crippen molar-refractivity contribution in [1.82, 2.24) is 30.6 Å². The van der Waals surface area contributed by atoms with Crippen LogP contribution in [0.5, 0.6) is 5.75 Å². The number of carbonyl (C=O) groups is 5. The van der Waals surface area contributed by atoms with Crippen molar-refractivity contribution < 1.29 is 33.1 Å². The lowest BCUT2D eigenvalue weighted by Gasteiger charge is -2.39. The molecule has 0 bridgehead atoms. The fourth-order valence-corrected chi connectivity index (χ4v) is 8.57. The second-order valence-electron chi connectivity index (χ2n) is 15.3. The van der Waals surface area contributed by atoms with Gasteiger partial charge in [-0.1, -0.05) is 11.6 Å². The normalized spacial score (nSPS) is 21.7. The van der Waals surface area contributed by atoms with Gasteiger partial charge >= 0.3 is 0 Å². The molecule has 3 fully saturated rings. The maximum Gasteiger partial charge on any atom is 0.274 e. The predicted octanol–water partition coefficient (Wildman–Crippen LogP) is 3.83. The summed E-state index contributed by atoms with van der Waals surface area (Å²) in [4.78, 5) is 70.3. The highest BCUT2D eigenvalue weighted by Gasteiger charge is 2.42. The van der Waals surface area contributed by atoms with Crippen molar-refractivity contribution in [3.63, 3.8) is 0 Å². The van der Waals surface area contributed by atoms with Gasteiger partial charge in [0, 0.05) is 64.3 Å². The zero-order chi connectivity index (χ0) is 40.5. The van der Waals surface area contributed by atoms with Crippen molar-refractivity contribution in [2.75, 3.05) is 55.6 Å². The minimum absolute atomic E-state index is 0.00402. The number of ether oxygens (including phenoxy) is 1. The Hall–Kier alpha value is -5.92. The van der Waals surface area contributed by atoms with Crippen LogP contribution in [0.1, 0.15) is 81.7 Å². The van der Waals surface area contributed by atoms with E-state index in [1.54, 1.807) is 24.3 Å². The van der Waals surface area contributed by atoms with E-state index in [-0.39, 0.29) is 52.7 Å². The molecule has 58 heavy (non-hydrogen) atoms. The summed E-state index contributed by atoms with van der Waals surface area (Å²) in [5, 5.41) is 23.3. The lowest BCUT2D eigenvalue weighted by Crippen LogP contribution is -2.49. The molecule has 1 saturated carbocycles. The van der Waals surface area contributed by atoms with Crippen molar-refractivity contribution in [2.24, 2.45) is 5.92 Å². The van der Waals surface area contributed by atoms with E-state index in [2.05, 4.69) is 30.6 Å². The zero-order valence-corrected chi connectivity index (χ0v) is 32.3. The van der Waals surface area contributed by atoms with Crippen molar-refractivity contribution in [2.45, 2.75) is 57.1 Å². The topological polar surface area (TPSA) is 181 Å². The Morgan fingerprint density at radius 3 is 2.28 bits per heavy atom. The second-order valence-corrected chi connectivity index (χ2v) is 15.7. The van der Waals surface area contributed by atoms with E-state index >= 15 is 4.39 Å². The van der Waals surface area contributed by atoms with Gasteiger partial charge in [-0.05, 0) is 86.9 Å². The number of anilines is 2. The monoisotopic (exact) mass is 809 g/mol. The number of amides is 5. The first-order valence-electron chi connectivity index (χ1n) is 19.5. The maximum absolute atomic E-state index is 15.4. The van der Waals surface area contributed by atoms with Crippen LogP contribution in [0.15, 0.2) is 54.2 Å². The molecule has 2 saturated heterocycles. The van der Waals surface area contributed by atoms with Gasteiger partial charge < -0.3 is 19.9 Å². The van der Waals surface area contributed by atoms with E-state index in [4.69, 9.17) is 21.6 Å². The van der Waals surface area contributed by atoms with Gasteiger partial charge in [-0.3, -0.25) is 34.2 Å². The molecule has 300 valence electrons. The minimum Gasteiger partial charge on any atom is -0.490 e. The van der Waals surface area contributed by atoms with Gasteiger partial charge in [0.2, 0.25) is 5.91 Å². The van der Waals surface area contributed by atoms with Gasteiger partial charge in [0.1, 0.15) is 23.3 Å². The number of hydrogen-bond acceptors (Lipinski definition) is 12. The Morgan fingerprint density at radius 1 is 0.897 bits per heavy atom. The summed E-state index contributed by atoms with van der Waals surface area (Å²) in [6.45, 7) is 5.00. The molecule has 5 aliphatic rings. The van der Waals surface area contributed by atoms with Gasteiger partial charge in [0.25, 0.3) is 23.6 Å². The van der Waals surface area contributed by atoms with Gasteiger partial charge in [0.15, 0.2) is 11.5 Å². The number of halogens is 2. The smallest absolute Gasteiger partial charge is 0.274 e. The predicted molar refractivity (Wildman–Crippen MR) is 209 cm³/mol. The van der Waals surface area contributed by atoms with Gasteiger partial charge in [-0.15, -0.1) is 10.2 Å². The van der Waals surface area contributed by atoms with E-state index in [9.17, 15) is 24.0 Å². The van der Waals surface area contributed by atoms with Gasteiger partial charge in [0.05, 0.1) is 33.5 Å². The van der Waals surface area contributed by atoms with Crippen LogP contribution < -0.4 is 25.2 Å². The number of nitrogens with one attached hydrogen (secondary N) is 2. The number of piperidine rings is 1. The van der Waals surface area contributed by atoms with Gasteiger partial charge in [-0.2, -0.15) is 5.26 Å². The highest BCUT2D eigenvalue weighted by Crippen LogP contribution is 2.34. The van der Waals surface area contributed by atoms with Gasteiger partial charge in [-0.25, -0.2) is 9.29 Å². The third-order valence-corrected chi connectivity index (χ3v) is 11.9. The molecule has 0 unspecified atom stereocenters. The third kappa shape index (κ3) is 8.09. The van der Waals surface area contributed by atoms with Crippen LogP contribution in [0.4, 0.5) is 15.9 Å². The molecular formula is C41H41ClFN9O6. The SMILES string of the molecule is N#Cc1ccc(OC2CCC(NC(=O)c3ccc(N4CCC(CN5CCN(c6cc7c(cc6F)C(=O)N(C6=CCC(=O)NC6=O)C7=O)CC5)CC4)nn3)CC2)cc1Cl. The molecule has 2 aromatic carbocycles. The first kappa shape index (κ1) is 38.9. The van der Waals surface area contributed by atoms with Crippen molar-refractivity contribution in [3.8, 4) is 11.8 Å². The highest BCUT2D eigenvalue weighted by molar-refractivity contribution is 6.31. The standard InChI is InChI=1S/C41H41ClFN9O6/c42-31-19-28(4-1-25(31)22-44)58-27-5-2-26(3-6-27)45-38(54)33-7-9-36(48-47-33)51-13-11-24(12-14-51)23-49-15-17-50(18-16-49)35-21-30-29(20-32(35)43)40(56)52(41(30)57)34-8-10-37(53)46-39(34)55/h1,4,7-9,19-21,24,26-27H,2-3,5-6,10-18,23H2,(H,45,54)(H,46,53,55). The summed E-state index contributed by atoms with van der Waals surface area (Å²) in [5.41, 5.74) is 0.595. The van der Waals surface area contributed by atoms with Crippen LogP contribution in [0.25, 0.3) is 0 Å². The number of benzene rings is 2. The molecule has 17 heteroatoms. The Bertz CT molecular complexity index is 2220. The van der Waals surface area contributed by atoms with E-state index in [0.717, 1.165) is 70.0 Å². The molecule has 5 heterocycles. The lowest BCUT2D eigenvalue weighted by atomic mass is 9.93. The van der Waals surface area contributed by atoms with E-state index in [0.29, 0.717) is 53.3 Å². The summed E-state index contributed by atoms with van der Waals surface area (Å²) < 4.78 is 21.5. The molecule has 4 aliphatic heterocycles. The first-order valence-corrected chi connectivity index (χ1v) is 19.9. The van der Waals surface area contributed by atoms with E-state index in [1.165, 1.54) is 12.1 Å². The molecule has 3 aromatic rings. The Kier molecular flexibility index (Phi) is 11.1. The molecule has 0 spiro atoms. The molecule has 1 aromatic heterocycles. The summed E-state index contributed by atoms with van der Waals surface area (Å²) in [6, 6.07) is 13.1. The summed E-state index contributed by atoms with van der Waals surface area (Å²) >= 11 is 6.14. The van der Waals surface area contributed by atoms with E-state index in [1.807, 2.05) is 17.0 Å². The Balaban J connectivity index is 0.767. The van der Waals surface area contributed by atoms with Crippen LogP contribution in [0.3, 0.4) is 0 Å². The van der Waals surface area contributed by atoms with Crippen molar-refractivity contribution in [1.29, 1.82) is 5.26 Å². The highest BCUT2D eigenvalue weighted by atomic mass is 35.5. The van der Waals surface area contributed by atoms with E-state index < -0.39 is 29.4 Å². The lowest BCUT2D eigenvalue weighted by molar-refractivity contribution is -0.129. The minimum atomic E-state index is -0.843. The Labute approximate surface area is 338 Å². The largest absolute Gasteiger partial charge is 0.490 e. The number of nitriles is 1. The number of aromatic nitrogens is 2. The number of hydrogen-bond donors (Lipinski definition) is 2. The number of carbonyl (C=O) groups excluding carboxylic acids is 5. The molecule has 8 rings (SSSR count). The zero-order valence-electron chi connectivity index (χ0n) is 31.6. The average molecular weight is 810 g/mol. The summed E-state index contributed by atoms with van der Waals surface area (Å²) in [5.74, 6) is -1.93. The molecule has 1 aliphatic carbocycles. The molecule has 15 nitrogen and oxygen atoms in total. The third-order valence-electron chi connectivity index (χ3n) is 11.6. The van der Waals surface area contributed by atoms with Crippen LogP contribution in [0, 0.1) is 23.1 Å². The number of piperazine rings is 1. The fraction of sp³-hybridized carbons (Fsp3) is 0.415. The summed E-state index contributed by atoms with van der Waals surface area (Å²) in [6.07, 6.45) is 6.10. The number of rotatable bonds is 9. The van der Waals surface area contributed by atoms with Crippen LogP contribution in [0.2, 0.25) is 5.02 Å².